The van der Waals surface area contributed by atoms with Crippen LogP contribution in [0.3, 0.4) is 0 Å². The molecule has 0 aliphatic heterocycles. The van der Waals surface area contributed by atoms with Gasteiger partial charge in [-0.1, -0.05) is 63.3 Å². The van der Waals surface area contributed by atoms with E-state index in [1.807, 2.05) is 27.7 Å². The molecular formula is C24H34O2. The Bertz CT molecular complexity index is 642. The first kappa shape index (κ1) is 20.4. The van der Waals surface area contributed by atoms with Crippen molar-refractivity contribution in [3.63, 3.8) is 0 Å². The molecule has 2 N–H and O–H groups in total. The molecule has 2 aromatic rings. The Morgan fingerprint density at radius 1 is 0.654 bits per heavy atom. The van der Waals surface area contributed by atoms with Crippen LogP contribution in [0.15, 0.2) is 24.3 Å². The van der Waals surface area contributed by atoms with Gasteiger partial charge in [0, 0.05) is 5.92 Å². The first-order valence-corrected chi connectivity index (χ1v) is 9.95. The highest BCUT2D eigenvalue weighted by Crippen LogP contribution is 2.36. The molecule has 0 saturated heterocycles. The summed E-state index contributed by atoms with van der Waals surface area (Å²) in [4.78, 5) is 0. The first-order valence-electron chi connectivity index (χ1n) is 9.95. The molecule has 0 bridgehead atoms. The SMILES string of the molecule is CCCCCCCC(c1cc(C)c(O)c(C)c1)c1cc(C)c(O)c(C)c1. The van der Waals surface area contributed by atoms with Gasteiger partial charge in [0.05, 0.1) is 0 Å². The van der Waals surface area contributed by atoms with Gasteiger partial charge in [-0.2, -0.15) is 0 Å². The summed E-state index contributed by atoms with van der Waals surface area (Å²) in [6.07, 6.45) is 7.41. The number of aryl methyl sites for hydroxylation is 4. The second-order valence-corrected chi connectivity index (χ2v) is 7.76. The van der Waals surface area contributed by atoms with E-state index in [9.17, 15) is 10.2 Å². The first-order chi connectivity index (χ1) is 12.3. The van der Waals surface area contributed by atoms with Gasteiger partial charge in [0.1, 0.15) is 11.5 Å². The van der Waals surface area contributed by atoms with Gasteiger partial charge in [-0.3, -0.25) is 0 Å². The largest absolute Gasteiger partial charge is 0.507 e. The molecule has 142 valence electrons. The minimum Gasteiger partial charge on any atom is -0.507 e. The van der Waals surface area contributed by atoms with Crippen LogP contribution in [-0.2, 0) is 0 Å². The molecule has 0 atom stereocenters. The maximum absolute atomic E-state index is 10.1. The van der Waals surface area contributed by atoms with E-state index in [2.05, 4.69) is 31.2 Å². The average molecular weight is 355 g/mol. The Balaban J connectivity index is 2.36. The van der Waals surface area contributed by atoms with Gasteiger partial charge in [0.15, 0.2) is 0 Å². The van der Waals surface area contributed by atoms with E-state index < -0.39 is 0 Å². The molecule has 0 amide bonds. The van der Waals surface area contributed by atoms with Crippen LogP contribution < -0.4 is 0 Å². The molecule has 0 unspecified atom stereocenters. The summed E-state index contributed by atoms with van der Waals surface area (Å²) < 4.78 is 0. The zero-order valence-electron chi connectivity index (χ0n) is 17.0. The maximum Gasteiger partial charge on any atom is 0.121 e. The fourth-order valence-corrected chi connectivity index (χ4v) is 3.86. The fraction of sp³-hybridized carbons (Fsp3) is 0.500. The predicted molar refractivity (Wildman–Crippen MR) is 110 cm³/mol. The lowest BCUT2D eigenvalue weighted by Gasteiger charge is -2.21. The maximum atomic E-state index is 10.1. The van der Waals surface area contributed by atoms with Gasteiger partial charge in [-0.25, -0.2) is 0 Å². The quantitative estimate of drug-likeness (QED) is 0.510. The molecule has 2 heteroatoms. The summed E-state index contributed by atoms with van der Waals surface area (Å²) in [5.41, 5.74) is 6.26. The van der Waals surface area contributed by atoms with Crippen LogP contribution in [0.4, 0.5) is 0 Å². The Labute approximate surface area is 158 Å². The highest BCUT2D eigenvalue weighted by atomic mass is 16.3. The predicted octanol–water partition coefficient (Wildman–Crippen LogP) is 6.82. The lowest BCUT2D eigenvalue weighted by Crippen LogP contribution is -2.04. The molecule has 26 heavy (non-hydrogen) atoms. The number of aromatic hydroxyl groups is 2. The monoisotopic (exact) mass is 354 g/mol. The van der Waals surface area contributed by atoms with Crippen LogP contribution in [0.25, 0.3) is 0 Å². The number of phenolic OH excluding ortho intramolecular Hbond substituents is 2. The van der Waals surface area contributed by atoms with Crippen molar-refractivity contribution in [2.75, 3.05) is 0 Å². The molecule has 0 radical (unpaired) electrons. The highest BCUT2D eigenvalue weighted by molar-refractivity contribution is 5.49. The lowest BCUT2D eigenvalue weighted by molar-refractivity contribution is 0.465. The molecular weight excluding hydrogens is 320 g/mol. The van der Waals surface area contributed by atoms with E-state index >= 15 is 0 Å². The number of unbranched alkanes of at least 4 members (excludes halogenated alkanes) is 4. The molecule has 0 saturated carbocycles. The Hall–Kier alpha value is -1.96. The Morgan fingerprint density at radius 2 is 1.04 bits per heavy atom. The lowest BCUT2D eigenvalue weighted by atomic mass is 9.83. The van der Waals surface area contributed by atoms with Crippen molar-refractivity contribution in [3.8, 4) is 11.5 Å². The number of hydrogen-bond donors (Lipinski definition) is 2. The van der Waals surface area contributed by atoms with Crippen LogP contribution in [0.2, 0.25) is 0 Å². The third-order valence-electron chi connectivity index (χ3n) is 5.43. The second kappa shape index (κ2) is 9.12. The number of phenols is 2. The van der Waals surface area contributed by atoms with Crippen molar-refractivity contribution in [2.24, 2.45) is 0 Å². The van der Waals surface area contributed by atoms with E-state index in [0.717, 1.165) is 28.7 Å². The van der Waals surface area contributed by atoms with Gasteiger partial charge in [-0.05, 0) is 67.5 Å². The molecule has 0 heterocycles. The topological polar surface area (TPSA) is 40.5 Å². The number of hydrogen-bond acceptors (Lipinski definition) is 2. The third-order valence-corrected chi connectivity index (χ3v) is 5.43. The third kappa shape index (κ3) is 4.81. The highest BCUT2D eigenvalue weighted by Gasteiger charge is 2.18. The van der Waals surface area contributed by atoms with E-state index in [-0.39, 0.29) is 0 Å². The van der Waals surface area contributed by atoms with Gasteiger partial charge >= 0.3 is 0 Å². The molecule has 2 aromatic carbocycles. The standard InChI is InChI=1S/C24H34O2/c1-6-7-8-9-10-11-22(20-12-16(2)23(25)17(3)13-20)21-14-18(4)24(26)19(5)15-21/h12-15,22,25-26H,6-11H2,1-5H3. The van der Waals surface area contributed by atoms with Crippen molar-refractivity contribution in [2.45, 2.75) is 79.1 Å². The molecule has 0 aliphatic rings. The van der Waals surface area contributed by atoms with E-state index in [0.29, 0.717) is 17.4 Å². The van der Waals surface area contributed by atoms with Gasteiger partial charge in [0.2, 0.25) is 0 Å². The molecule has 0 aliphatic carbocycles. The zero-order chi connectivity index (χ0) is 19.3. The van der Waals surface area contributed by atoms with Crippen LogP contribution in [0.5, 0.6) is 11.5 Å². The van der Waals surface area contributed by atoms with Crippen molar-refractivity contribution in [3.05, 3.63) is 57.6 Å². The van der Waals surface area contributed by atoms with Gasteiger partial charge in [0.25, 0.3) is 0 Å². The molecule has 0 fully saturated rings. The van der Waals surface area contributed by atoms with E-state index in [1.165, 1.54) is 43.2 Å². The van der Waals surface area contributed by atoms with Crippen LogP contribution in [0.1, 0.15) is 84.7 Å². The Morgan fingerprint density at radius 3 is 1.42 bits per heavy atom. The molecule has 2 rings (SSSR count). The minimum atomic E-state index is 0.299. The fourth-order valence-electron chi connectivity index (χ4n) is 3.86. The van der Waals surface area contributed by atoms with E-state index in [4.69, 9.17) is 0 Å². The molecule has 0 aromatic heterocycles. The van der Waals surface area contributed by atoms with Gasteiger partial charge < -0.3 is 10.2 Å². The summed E-state index contributed by atoms with van der Waals surface area (Å²) in [5, 5.41) is 20.3. The second-order valence-electron chi connectivity index (χ2n) is 7.76. The zero-order valence-corrected chi connectivity index (χ0v) is 17.0. The summed E-state index contributed by atoms with van der Waals surface area (Å²) in [6, 6.07) is 8.49. The van der Waals surface area contributed by atoms with Crippen LogP contribution in [-0.4, -0.2) is 10.2 Å². The normalized spacial score (nSPS) is 11.3. The summed E-state index contributed by atoms with van der Waals surface area (Å²) in [6.45, 7) is 10.1. The van der Waals surface area contributed by atoms with Crippen molar-refractivity contribution >= 4 is 0 Å². The smallest absolute Gasteiger partial charge is 0.121 e. The van der Waals surface area contributed by atoms with Crippen LogP contribution in [0, 0.1) is 27.7 Å². The summed E-state index contributed by atoms with van der Waals surface area (Å²) in [5.74, 6) is 1.09. The number of rotatable bonds is 8. The summed E-state index contributed by atoms with van der Waals surface area (Å²) >= 11 is 0. The van der Waals surface area contributed by atoms with Crippen molar-refractivity contribution in [1.29, 1.82) is 0 Å². The molecule has 2 nitrogen and oxygen atoms in total. The van der Waals surface area contributed by atoms with E-state index in [1.54, 1.807) is 0 Å². The molecule has 0 spiro atoms. The number of benzene rings is 2. The van der Waals surface area contributed by atoms with Crippen molar-refractivity contribution < 1.29 is 10.2 Å². The van der Waals surface area contributed by atoms with Crippen LogP contribution >= 0.6 is 0 Å². The summed E-state index contributed by atoms with van der Waals surface area (Å²) in [7, 11) is 0. The average Bonchev–Trinajstić information content (AvgIpc) is 2.60. The Kier molecular flexibility index (Phi) is 7.14. The van der Waals surface area contributed by atoms with Gasteiger partial charge in [-0.15, -0.1) is 0 Å². The minimum absolute atomic E-state index is 0.299. The van der Waals surface area contributed by atoms with Crippen molar-refractivity contribution in [1.82, 2.24) is 0 Å².